The van der Waals surface area contributed by atoms with Gasteiger partial charge < -0.3 is 50.1 Å². The van der Waals surface area contributed by atoms with Crippen LogP contribution in [0.25, 0.3) is 22.1 Å². The summed E-state index contributed by atoms with van der Waals surface area (Å²) in [5.41, 5.74) is 11.8. The van der Waals surface area contributed by atoms with Crippen molar-refractivity contribution in [3.63, 3.8) is 0 Å². The standard InChI is InChI=1S/C22H26Cl2N4O3.C18H18Cl2N4O3/c1-4-27(5-2)19-8-6-7-18-21(19)28(13-15(29)12-20(30)31-3)22(26-18)25-17-10-9-14(23)11-16(17)24;1-27-16(26)8-11(25)9-24-17-13(21)3-2-4-15(17)23-18(24)22-14-6-5-10(19)7-12(14)20/h6-11,15,29H,4-5,12-13H2,1-3H3,(H,25,26);2-7,11,25H,8-9,21H2,1H3,(H,22,23). The molecule has 0 spiro atoms. The SMILES string of the molecule is CCN(CC)c1cccc2nc(Nc3ccc(Cl)cc3Cl)n(CC(O)CC(=O)OC)c12.COC(=O)CC(O)Cn1c(Nc2ccc(Cl)cc2Cl)nc2cccc(N)c21. The van der Waals surface area contributed by atoms with Gasteiger partial charge in [-0.1, -0.05) is 58.5 Å². The monoisotopic (exact) mass is 872 g/mol. The van der Waals surface area contributed by atoms with Gasteiger partial charge in [-0.2, -0.15) is 0 Å². The zero-order valence-corrected chi connectivity index (χ0v) is 35.2. The summed E-state index contributed by atoms with van der Waals surface area (Å²) in [6.07, 6.45) is -2.19. The first-order valence-electron chi connectivity index (χ1n) is 18.2. The highest BCUT2D eigenvalue weighted by atomic mass is 35.5. The number of anilines is 6. The van der Waals surface area contributed by atoms with Crippen molar-refractivity contribution in [1.29, 1.82) is 0 Å². The molecule has 6 aromatic rings. The number of esters is 2. The maximum Gasteiger partial charge on any atom is 0.308 e. The highest BCUT2D eigenvalue weighted by Crippen LogP contribution is 2.35. The Hall–Kier alpha value is -4.96. The normalized spacial score (nSPS) is 12.1. The minimum atomic E-state index is -0.976. The van der Waals surface area contributed by atoms with Gasteiger partial charge in [0.1, 0.15) is 0 Å². The van der Waals surface area contributed by atoms with E-state index in [0.717, 1.165) is 29.8 Å². The molecule has 14 nitrogen and oxygen atoms in total. The summed E-state index contributed by atoms with van der Waals surface area (Å²) in [5.74, 6) is -0.0509. The molecule has 0 saturated carbocycles. The van der Waals surface area contributed by atoms with Crippen LogP contribution in [0.4, 0.5) is 34.6 Å². The van der Waals surface area contributed by atoms with E-state index in [-0.39, 0.29) is 25.9 Å². The quantitative estimate of drug-likeness (QED) is 0.0491. The highest BCUT2D eigenvalue weighted by Gasteiger charge is 2.22. The van der Waals surface area contributed by atoms with Crippen molar-refractivity contribution in [2.45, 2.75) is 52.0 Å². The number of hydrogen-bond acceptors (Lipinski definition) is 12. The Morgan fingerprint density at radius 2 is 1.17 bits per heavy atom. The number of rotatable bonds is 15. The van der Waals surface area contributed by atoms with E-state index in [1.807, 2.05) is 28.8 Å². The average Bonchev–Trinajstić information content (AvgIpc) is 3.71. The van der Waals surface area contributed by atoms with Crippen molar-refractivity contribution in [3.8, 4) is 0 Å². The summed E-state index contributed by atoms with van der Waals surface area (Å²) >= 11 is 24.5. The number of benzene rings is 4. The molecular formula is C40H44Cl4N8O6. The van der Waals surface area contributed by atoms with Crippen LogP contribution in [0.1, 0.15) is 26.7 Å². The Kier molecular flexibility index (Phi) is 15.3. The number of aliphatic hydroxyl groups excluding tert-OH is 2. The van der Waals surface area contributed by atoms with Crippen molar-refractivity contribution in [2.24, 2.45) is 0 Å². The Bertz CT molecular complexity index is 2390. The van der Waals surface area contributed by atoms with Gasteiger partial charge >= 0.3 is 11.9 Å². The van der Waals surface area contributed by atoms with E-state index in [4.69, 9.17) is 61.9 Å². The summed E-state index contributed by atoms with van der Waals surface area (Å²) in [5, 5.41) is 29.2. The molecule has 0 aliphatic rings. The molecule has 2 heterocycles. The first-order valence-corrected chi connectivity index (χ1v) is 19.7. The van der Waals surface area contributed by atoms with Gasteiger partial charge in [0.2, 0.25) is 11.9 Å². The number of fused-ring (bicyclic) bond motifs is 2. The van der Waals surface area contributed by atoms with Gasteiger partial charge in [-0.15, -0.1) is 0 Å². The van der Waals surface area contributed by atoms with Gasteiger partial charge in [-0.3, -0.25) is 9.59 Å². The van der Waals surface area contributed by atoms with Crippen LogP contribution < -0.4 is 21.3 Å². The minimum absolute atomic E-state index is 0.0906. The Morgan fingerprint density at radius 1 is 0.724 bits per heavy atom. The molecule has 58 heavy (non-hydrogen) atoms. The molecule has 0 saturated heterocycles. The number of nitrogen functional groups attached to an aromatic ring is 1. The van der Waals surface area contributed by atoms with Gasteiger partial charge in [0.25, 0.3) is 0 Å². The van der Waals surface area contributed by atoms with Crippen molar-refractivity contribution in [1.82, 2.24) is 19.1 Å². The number of nitrogens with two attached hydrogens (primary N) is 1. The predicted molar refractivity (Wildman–Crippen MR) is 232 cm³/mol. The third-order valence-corrected chi connectivity index (χ3v) is 10.1. The summed E-state index contributed by atoms with van der Waals surface area (Å²) in [7, 11) is 2.57. The lowest BCUT2D eigenvalue weighted by atomic mass is 10.2. The summed E-state index contributed by atoms with van der Waals surface area (Å²) in [4.78, 5) is 34.6. The smallest absolute Gasteiger partial charge is 0.308 e. The van der Waals surface area contributed by atoms with Gasteiger partial charge in [-0.05, 0) is 74.5 Å². The van der Waals surface area contributed by atoms with E-state index in [1.165, 1.54) is 14.2 Å². The maximum atomic E-state index is 11.7. The van der Waals surface area contributed by atoms with E-state index >= 15 is 0 Å². The third kappa shape index (κ3) is 10.7. The van der Waals surface area contributed by atoms with E-state index in [9.17, 15) is 19.8 Å². The Labute approximate surface area is 355 Å². The number of para-hydroxylation sites is 2. The Morgan fingerprint density at radius 3 is 1.62 bits per heavy atom. The average molecular weight is 875 g/mol. The van der Waals surface area contributed by atoms with E-state index < -0.39 is 24.1 Å². The number of carbonyl (C=O) groups excluding carboxylic acids is 2. The second kappa shape index (κ2) is 20.1. The molecule has 18 heteroatoms. The molecule has 0 fully saturated rings. The number of hydrogen-bond donors (Lipinski definition) is 5. The second-order valence-corrected chi connectivity index (χ2v) is 14.7. The fourth-order valence-corrected chi connectivity index (χ4v) is 7.18. The molecule has 2 aromatic heterocycles. The van der Waals surface area contributed by atoms with Crippen LogP contribution in [0.2, 0.25) is 20.1 Å². The van der Waals surface area contributed by atoms with Crippen molar-refractivity contribution in [2.75, 3.05) is 48.6 Å². The molecule has 0 aliphatic heterocycles. The molecular weight excluding hydrogens is 830 g/mol. The Balaban J connectivity index is 0.000000223. The third-order valence-electron chi connectivity index (χ3n) is 9.05. The number of aromatic nitrogens is 4. The van der Waals surface area contributed by atoms with Crippen LogP contribution >= 0.6 is 46.4 Å². The van der Waals surface area contributed by atoms with Gasteiger partial charge in [0.15, 0.2) is 0 Å². The number of methoxy groups -OCH3 is 2. The molecule has 6 N–H and O–H groups in total. The van der Waals surface area contributed by atoms with Crippen LogP contribution in [0, 0.1) is 0 Å². The lowest BCUT2D eigenvalue weighted by molar-refractivity contribution is -0.144. The molecule has 6 rings (SSSR count). The summed E-state index contributed by atoms with van der Waals surface area (Å²) in [6.45, 7) is 6.04. The van der Waals surface area contributed by atoms with Crippen LogP contribution in [-0.2, 0) is 32.2 Å². The number of aliphatic hydroxyl groups is 2. The van der Waals surface area contributed by atoms with Crippen LogP contribution in [0.3, 0.4) is 0 Å². The van der Waals surface area contributed by atoms with Crippen molar-refractivity contribution in [3.05, 3.63) is 92.9 Å². The first-order chi connectivity index (χ1) is 27.8. The van der Waals surface area contributed by atoms with Crippen LogP contribution in [0.15, 0.2) is 72.8 Å². The number of carbonyl (C=O) groups is 2. The van der Waals surface area contributed by atoms with E-state index in [2.05, 4.69) is 39.1 Å². The second-order valence-electron chi connectivity index (χ2n) is 13.0. The summed E-state index contributed by atoms with van der Waals surface area (Å²) < 4.78 is 12.9. The first kappa shape index (κ1) is 44.1. The molecule has 0 bridgehead atoms. The molecule has 4 aromatic carbocycles. The van der Waals surface area contributed by atoms with Crippen molar-refractivity contribution < 1.29 is 29.3 Å². The molecule has 0 amide bonds. The van der Waals surface area contributed by atoms with Gasteiger partial charge in [-0.25, -0.2) is 9.97 Å². The zero-order valence-electron chi connectivity index (χ0n) is 32.2. The predicted octanol–water partition coefficient (Wildman–Crippen LogP) is 8.45. The lowest BCUT2D eigenvalue weighted by Crippen LogP contribution is -2.24. The van der Waals surface area contributed by atoms with Gasteiger partial charge in [0, 0.05) is 23.1 Å². The number of halogens is 4. The number of nitrogens with zero attached hydrogens (tertiary/aromatic N) is 5. The van der Waals surface area contributed by atoms with Crippen LogP contribution in [0.5, 0.6) is 0 Å². The lowest BCUT2D eigenvalue weighted by Gasteiger charge is -2.23. The van der Waals surface area contributed by atoms with Crippen molar-refractivity contribution >= 4 is 115 Å². The fourth-order valence-electron chi connectivity index (χ4n) is 6.27. The highest BCUT2D eigenvalue weighted by molar-refractivity contribution is 6.37. The van der Waals surface area contributed by atoms with E-state index in [1.54, 1.807) is 53.1 Å². The van der Waals surface area contributed by atoms with Gasteiger partial charge in [0.05, 0.1) is 107 Å². The fraction of sp³-hybridized carbons (Fsp3) is 0.300. The molecule has 0 radical (unpaired) electrons. The number of nitrogens with one attached hydrogen (secondary N) is 2. The molecule has 0 aliphatic carbocycles. The van der Waals surface area contributed by atoms with E-state index in [0.29, 0.717) is 60.1 Å². The minimum Gasteiger partial charge on any atom is -0.469 e. The molecule has 2 atom stereocenters. The molecule has 308 valence electrons. The topological polar surface area (TPSA) is 182 Å². The number of ether oxygens (including phenoxy) is 2. The molecule has 2 unspecified atom stereocenters. The largest absolute Gasteiger partial charge is 0.469 e. The maximum absolute atomic E-state index is 11.7. The van der Waals surface area contributed by atoms with Crippen LogP contribution in [-0.4, -0.2) is 80.8 Å². The summed E-state index contributed by atoms with van der Waals surface area (Å²) in [6, 6.07) is 21.4. The zero-order chi connectivity index (χ0) is 42.1. The number of imidazole rings is 2.